The quantitative estimate of drug-likeness (QED) is 0.882. The molecule has 1 aliphatic rings. The van der Waals surface area contributed by atoms with Gasteiger partial charge < -0.3 is 10.2 Å². The third-order valence-electron chi connectivity index (χ3n) is 2.98. The van der Waals surface area contributed by atoms with Crippen molar-refractivity contribution in [3.8, 4) is 0 Å². The van der Waals surface area contributed by atoms with Crippen LogP contribution in [0.2, 0.25) is 5.28 Å². The standard InChI is InChI=1S/C11H14ClN7/c12-9-15-10(13-7-8-3-4-14-18-8)17-11(16-9)19-5-1-2-6-19/h3-4H,1-2,5-7H2,(H,14,18)(H,13,15,16,17). The summed E-state index contributed by atoms with van der Waals surface area (Å²) in [5.41, 5.74) is 0.958. The van der Waals surface area contributed by atoms with E-state index < -0.39 is 0 Å². The summed E-state index contributed by atoms with van der Waals surface area (Å²) in [5.74, 6) is 1.13. The summed E-state index contributed by atoms with van der Waals surface area (Å²) in [7, 11) is 0. The molecule has 1 saturated heterocycles. The van der Waals surface area contributed by atoms with Crippen molar-refractivity contribution < 1.29 is 0 Å². The van der Waals surface area contributed by atoms with Crippen LogP contribution in [0.15, 0.2) is 12.3 Å². The maximum absolute atomic E-state index is 5.94. The number of hydrogen-bond acceptors (Lipinski definition) is 6. The Morgan fingerprint density at radius 1 is 1.26 bits per heavy atom. The largest absolute Gasteiger partial charge is 0.348 e. The van der Waals surface area contributed by atoms with Gasteiger partial charge in [-0.25, -0.2) is 0 Å². The second-order valence-electron chi connectivity index (χ2n) is 4.36. The lowest BCUT2D eigenvalue weighted by molar-refractivity contribution is 0.872. The first kappa shape index (κ1) is 12.2. The Balaban J connectivity index is 1.73. The van der Waals surface area contributed by atoms with Crippen molar-refractivity contribution in [3.63, 3.8) is 0 Å². The Morgan fingerprint density at radius 2 is 2.11 bits per heavy atom. The van der Waals surface area contributed by atoms with Crippen LogP contribution in [0.1, 0.15) is 18.5 Å². The highest BCUT2D eigenvalue weighted by Crippen LogP contribution is 2.18. The molecule has 0 aliphatic carbocycles. The van der Waals surface area contributed by atoms with Gasteiger partial charge in [-0.2, -0.15) is 20.1 Å². The molecule has 1 fully saturated rings. The van der Waals surface area contributed by atoms with Gasteiger partial charge in [-0.05, 0) is 30.5 Å². The summed E-state index contributed by atoms with van der Waals surface area (Å²) in [4.78, 5) is 14.8. The highest BCUT2D eigenvalue weighted by molar-refractivity contribution is 6.28. The lowest BCUT2D eigenvalue weighted by atomic mass is 10.4. The number of aromatic amines is 1. The first-order valence-corrected chi connectivity index (χ1v) is 6.58. The van der Waals surface area contributed by atoms with Crippen LogP contribution in [-0.4, -0.2) is 38.2 Å². The normalized spacial score (nSPS) is 14.9. The van der Waals surface area contributed by atoms with Gasteiger partial charge in [0.1, 0.15) is 0 Å². The van der Waals surface area contributed by atoms with Crippen molar-refractivity contribution in [1.82, 2.24) is 25.1 Å². The zero-order valence-corrected chi connectivity index (χ0v) is 11.1. The van der Waals surface area contributed by atoms with E-state index in [2.05, 4.69) is 35.4 Å². The molecule has 2 aromatic rings. The SMILES string of the molecule is Clc1nc(NCc2ccn[nH]2)nc(N2CCCC2)n1. The molecule has 1 aliphatic heterocycles. The Morgan fingerprint density at radius 3 is 2.84 bits per heavy atom. The number of anilines is 2. The van der Waals surface area contributed by atoms with Crippen molar-refractivity contribution in [3.05, 3.63) is 23.2 Å². The molecule has 0 radical (unpaired) electrons. The van der Waals surface area contributed by atoms with Gasteiger partial charge >= 0.3 is 0 Å². The molecule has 0 bridgehead atoms. The molecule has 7 nitrogen and oxygen atoms in total. The van der Waals surface area contributed by atoms with Gasteiger partial charge in [-0.15, -0.1) is 0 Å². The second-order valence-corrected chi connectivity index (χ2v) is 4.70. The summed E-state index contributed by atoms with van der Waals surface area (Å²) in [6, 6.07) is 1.89. The van der Waals surface area contributed by atoms with Gasteiger partial charge in [-0.1, -0.05) is 0 Å². The molecule has 100 valence electrons. The zero-order chi connectivity index (χ0) is 13.1. The summed E-state index contributed by atoms with van der Waals surface area (Å²) < 4.78 is 0. The van der Waals surface area contributed by atoms with Crippen molar-refractivity contribution in [2.45, 2.75) is 19.4 Å². The Bertz CT molecular complexity index is 536. The predicted octanol–water partition coefficient (Wildman–Crippen LogP) is 1.46. The van der Waals surface area contributed by atoms with E-state index in [1.807, 2.05) is 6.07 Å². The van der Waals surface area contributed by atoms with E-state index in [0.29, 0.717) is 18.4 Å². The smallest absolute Gasteiger partial charge is 0.231 e. The number of hydrogen-bond donors (Lipinski definition) is 2. The molecule has 3 rings (SSSR count). The summed E-state index contributed by atoms with van der Waals surface area (Å²) >= 11 is 5.94. The second kappa shape index (κ2) is 5.40. The van der Waals surface area contributed by atoms with Crippen LogP contribution in [0.5, 0.6) is 0 Å². The Labute approximate surface area is 115 Å². The molecule has 0 spiro atoms. The molecule has 0 saturated carbocycles. The molecule has 0 aromatic carbocycles. The van der Waals surface area contributed by atoms with Crippen LogP contribution in [0.25, 0.3) is 0 Å². The minimum absolute atomic E-state index is 0.212. The molecule has 0 unspecified atom stereocenters. The molecular weight excluding hydrogens is 266 g/mol. The molecule has 0 atom stereocenters. The van der Waals surface area contributed by atoms with Crippen molar-refractivity contribution in [2.75, 3.05) is 23.3 Å². The fraction of sp³-hybridized carbons (Fsp3) is 0.455. The fourth-order valence-corrected chi connectivity index (χ4v) is 2.19. The Kier molecular flexibility index (Phi) is 3.45. The maximum atomic E-state index is 5.94. The van der Waals surface area contributed by atoms with E-state index in [1.54, 1.807) is 6.20 Å². The topological polar surface area (TPSA) is 82.6 Å². The molecule has 2 N–H and O–H groups in total. The highest BCUT2D eigenvalue weighted by atomic mass is 35.5. The van der Waals surface area contributed by atoms with Crippen molar-refractivity contribution >= 4 is 23.5 Å². The fourth-order valence-electron chi connectivity index (χ4n) is 2.03. The molecule has 3 heterocycles. The van der Waals surface area contributed by atoms with E-state index in [4.69, 9.17) is 11.6 Å². The molecule has 19 heavy (non-hydrogen) atoms. The van der Waals surface area contributed by atoms with E-state index >= 15 is 0 Å². The van der Waals surface area contributed by atoms with Crippen LogP contribution in [0.3, 0.4) is 0 Å². The number of aromatic nitrogens is 5. The van der Waals surface area contributed by atoms with Gasteiger partial charge in [0, 0.05) is 19.3 Å². The lowest BCUT2D eigenvalue weighted by Gasteiger charge is -2.15. The monoisotopic (exact) mass is 279 g/mol. The predicted molar refractivity (Wildman–Crippen MR) is 72.2 cm³/mol. The number of halogens is 1. The van der Waals surface area contributed by atoms with Crippen molar-refractivity contribution in [1.29, 1.82) is 0 Å². The average molecular weight is 280 g/mol. The number of rotatable bonds is 4. The van der Waals surface area contributed by atoms with E-state index in [-0.39, 0.29) is 5.28 Å². The molecule has 2 aromatic heterocycles. The van der Waals surface area contributed by atoms with Crippen LogP contribution in [-0.2, 0) is 6.54 Å². The Hall–Kier alpha value is -1.89. The summed E-state index contributed by atoms with van der Waals surface area (Å²) in [5, 5.41) is 10.1. The number of H-pyrrole nitrogens is 1. The molecule has 0 amide bonds. The third-order valence-corrected chi connectivity index (χ3v) is 3.15. The minimum atomic E-state index is 0.212. The van der Waals surface area contributed by atoms with Gasteiger partial charge in [0.25, 0.3) is 0 Å². The highest BCUT2D eigenvalue weighted by Gasteiger charge is 2.16. The average Bonchev–Trinajstić information content (AvgIpc) is 3.09. The van der Waals surface area contributed by atoms with Gasteiger partial charge in [0.2, 0.25) is 17.2 Å². The van der Waals surface area contributed by atoms with Crippen LogP contribution < -0.4 is 10.2 Å². The molecular formula is C11H14ClN7. The van der Waals surface area contributed by atoms with E-state index in [1.165, 1.54) is 12.8 Å². The lowest BCUT2D eigenvalue weighted by Crippen LogP contribution is -2.21. The van der Waals surface area contributed by atoms with E-state index in [9.17, 15) is 0 Å². The van der Waals surface area contributed by atoms with Gasteiger partial charge in [0.05, 0.1) is 12.2 Å². The van der Waals surface area contributed by atoms with Crippen LogP contribution in [0, 0.1) is 0 Å². The summed E-state index contributed by atoms with van der Waals surface area (Å²) in [6.45, 7) is 2.51. The first-order chi connectivity index (χ1) is 9.31. The van der Waals surface area contributed by atoms with Gasteiger partial charge in [-0.3, -0.25) is 5.10 Å². The first-order valence-electron chi connectivity index (χ1n) is 6.20. The third kappa shape index (κ3) is 2.93. The van der Waals surface area contributed by atoms with E-state index in [0.717, 1.165) is 18.8 Å². The van der Waals surface area contributed by atoms with Crippen LogP contribution >= 0.6 is 11.6 Å². The number of nitrogens with zero attached hydrogens (tertiary/aromatic N) is 5. The van der Waals surface area contributed by atoms with Gasteiger partial charge in [0.15, 0.2) is 0 Å². The number of nitrogens with one attached hydrogen (secondary N) is 2. The zero-order valence-electron chi connectivity index (χ0n) is 10.3. The minimum Gasteiger partial charge on any atom is -0.348 e. The summed E-state index contributed by atoms with van der Waals surface area (Å²) in [6.07, 6.45) is 4.04. The van der Waals surface area contributed by atoms with Crippen LogP contribution in [0.4, 0.5) is 11.9 Å². The van der Waals surface area contributed by atoms with Crippen molar-refractivity contribution in [2.24, 2.45) is 0 Å². The maximum Gasteiger partial charge on any atom is 0.231 e. The molecule has 8 heteroatoms.